The summed E-state index contributed by atoms with van der Waals surface area (Å²) in [5.41, 5.74) is 10.9. The number of H-pyrrole nitrogens is 1. The van der Waals surface area contributed by atoms with E-state index in [4.69, 9.17) is 5.73 Å². The van der Waals surface area contributed by atoms with Crippen molar-refractivity contribution in [2.24, 2.45) is 5.92 Å². The van der Waals surface area contributed by atoms with Crippen molar-refractivity contribution in [2.45, 2.75) is 20.3 Å². The topological polar surface area (TPSA) is 54.7 Å². The molecule has 1 heterocycles. The summed E-state index contributed by atoms with van der Waals surface area (Å²) < 4.78 is 0. The number of aromatic nitrogens is 2. The molecule has 3 N–H and O–H groups in total. The zero-order valence-corrected chi connectivity index (χ0v) is 11.9. The van der Waals surface area contributed by atoms with Gasteiger partial charge in [0.25, 0.3) is 0 Å². The van der Waals surface area contributed by atoms with Gasteiger partial charge in [-0.05, 0) is 36.1 Å². The van der Waals surface area contributed by atoms with E-state index in [0.717, 1.165) is 34.5 Å². The van der Waals surface area contributed by atoms with Crippen LogP contribution in [0.25, 0.3) is 22.4 Å². The Bertz CT molecular complexity index is 724. The predicted molar refractivity (Wildman–Crippen MR) is 84.5 cm³/mol. The fraction of sp³-hybridized carbons (Fsp3) is 0.235. The molecular formula is C17H19N3. The number of aromatic amines is 1. The van der Waals surface area contributed by atoms with E-state index < -0.39 is 0 Å². The van der Waals surface area contributed by atoms with Gasteiger partial charge in [-0.3, -0.25) is 0 Å². The standard InChI is InChI=1S/C17H19N3/c1-11(2)9-12-3-5-13(6-4-12)17-19-15-8-7-14(18)10-16(15)20-17/h3-8,10-11H,9,18H2,1-2H3,(H,19,20). The Kier molecular flexibility index (Phi) is 3.18. The van der Waals surface area contributed by atoms with Gasteiger partial charge >= 0.3 is 0 Å². The van der Waals surface area contributed by atoms with Crippen molar-refractivity contribution >= 4 is 16.7 Å². The van der Waals surface area contributed by atoms with E-state index in [1.54, 1.807) is 0 Å². The van der Waals surface area contributed by atoms with Crippen LogP contribution in [0.2, 0.25) is 0 Å². The van der Waals surface area contributed by atoms with Gasteiger partial charge in [0, 0.05) is 11.3 Å². The van der Waals surface area contributed by atoms with Crippen LogP contribution in [0.1, 0.15) is 19.4 Å². The van der Waals surface area contributed by atoms with E-state index in [0.29, 0.717) is 5.92 Å². The molecule has 1 aromatic heterocycles. The number of hydrogen-bond donors (Lipinski definition) is 2. The summed E-state index contributed by atoms with van der Waals surface area (Å²) in [7, 11) is 0. The Labute approximate surface area is 118 Å². The second-order valence-electron chi connectivity index (χ2n) is 5.66. The maximum Gasteiger partial charge on any atom is 0.138 e. The third-order valence-electron chi connectivity index (χ3n) is 3.38. The highest BCUT2D eigenvalue weighted by atomic mass is 14.9. The Morgan fingerprint density at radius 1 is 1.10 bits per heavy atom. The lowest BCUT2D eigenvalue weighted by atomic mass is 10.0. The summed E-state index contributed by atoms with van der Waals surface area (Å²) in [5, 5.41) is 0. The molecule has 0 radical (unpaired) electrons. The minimum Gasteiger partial charge on any atom is -0.399 e. The summed E-state index contributed by atoms with van der Waals surface area (Å²) in [6.07, 6.45) is 1.11. The van der Waals surface area contributed by atoms with Crippen LogP contribution in [0.4, 0.5) is 5.69 Å². The summed E-state index contributed by atoms with van der Waals surface area (Å²) >= 11 is 0. The van der Waals surface area contributed by atoms with Gasteiger partial charge in [0.15, 0.2) is 0 Å². The average molecular weight is 265 g/mol. The van der Waals surface area contributed by atoms with Crippen molar-refractivity contribution in [2.75, 3.05) is 5.73 Å². The van der Waals surface area contributed by atoms with Gasteiger partial charge in [0.2, 0.25) is 0 Å². The lowest BCUT2D eigenvalue weighted by Crippen LogP contribution is -1.93. The molecular weight excluding hydrogens is 246 g/mol. The minimum atomic E-state index is 0.676. The maximum absolute atomic E-state index is 5.78. The number of benzene rings is 2. The first kappa shape index (κ1) is 12.7. The Hall–Kier alpha value is -2.29. The van der Waals surface area contributed by atoms with Crippen LogP contribution in [0.5, 0.6) is 0 Å². The molecule has 102 valence electrons. The first-order valence-electron chi connectivity index (χ1n) is 6.96. The molecule has 2 aromatic carbocycles. The van der Waals surface area contributed by atoms with Gasteiger partial charge in [0.05, 0.1) is 11.0 Å². The van der Waals surface area contributed by atoms with Crippen LogP contribution < -0.4 is 5.73 Å². The molecule has 3 aromatic rings. The van der Waals surface area contributed by atoms with E-state index in [-0.39, 0.29) is 0 Å². The van der Waals surface area contributed by atoms with Crippen LogP contribution in [0, 0.1) is 5.92 Å². The molecule has 3 rings (SSSR count). The van der Waals surface area contributed by atoms with E-state index in [9.17, 15) is 0 Å². The summed E-state index contributed by atoms with van der Waals surface area (Å²) in [5.74, 6) is 1.57. The number of anilines is 1. The molecule has 0 bridgehead atoms. The lowest BCUT2D eigenvalue weighted by Gasteiger charge is -2.05. The molecule has 0 aliphatic carbocycles. The summed E-state index contributed by atoms with van der Waals surface area (Å²) in [6.45, 7) is 4.47. The normalized spacial score (nSPS) is 11.3. The minimum absolute atomic E-state index is 0.676. The van der Waals surface area contributed by atoms with E-state index >= 15 is 0 Å². The van der Waals surface area contributed by atoms with Crippen molar-refractivity contribution in [3.8, 4) is 11.4 Å². The average Bonchev–Trinajstić information content (AvgIpc) is 2.81. The predicted octanol–water partition coefficient (Wildman–Crippen LogP) is 4.01. The maximum atomic E-state index is 5.78. The molecule has 0 saturated heterocycles. The van der Waals surface area contributed by atoms with Crippen LogP contribution in [0.15, 0.2) is 42.5 Å². The molecule has 0 amide bonds. The number of rotatable bonds is 3. The third-order valence-corrected chi connectivity index (χ3v) is 3.38. The number of nitrogens with two attached hydrogens (primary N) is 1. The fourth-order valence-electron chi connectivity index (χ4n) is 2.43. The van der Waals surface area contributed by atoms with Crippen LogP contribution in [-0.4, -0.2) is 9.97 Å². The van der Waals surface area contributed by atoms with Gasteiger partial charge in [-0.2, -0.15) is 0 Å². The number of imidazole rings is 1. The van der Waals surface area contributed by atoms with Gasteiger partial charge in [-0.1, -0.05) is 38.1 Å². The smallest absolute Gasteiger partial charge is 0.138 e. The molecule has 0 aliphatic heterocycles. The van der Waals surface area contributed by atoms with Crippen molar-refractivity contribution in [1.29, 1.82) is 0 Å². The quantitative estimate of drug-likeness (QED) is 0.703. The summed E-state index contributed by atoms with van der Waals surface area (Å²) in [6, 6.07) is 14.3. The first-order valence-corrected chi connectivity index (χ1v) is 6.96. The Morgan fingerprint density at radius 3 is 2.55 bits per heavy atom. The number of nitrogens with zero attached hydrogens (tertiary/aromatic N) is 1. The lowest BCUT2D eigenvalue weighted by molar-refractivity contribution is 0.647. The highest BCUT2D eigenvalue weighted by Crippen LogP contribution is 2.22. The second-order valence-corrected chi connectivity index (χ2v) is 5.66. The highest BCUT2D eigenvalue weighted by Gasteiger charge is 2.06. The van der Waals surface area contributed by atoms with Crippen molar-refractivity contribution < 1.29 is 0 Å². The van der Waals surface area contributed by atoms with Gasteiger partial charge in [-0.15, -0.1) is 0 Å². The monoisotopic (exact) mass is 265 g/mol. The molecule has 0 unspecified atom stereocenters. The van der Waals surface area contributed by atoms with Crippen molar-refractivity contribution in [3.05, 3.63) is 48.0 Å². The third kappa shape index (κ3) is 2.52. The van der Waals surface area contributed by atoms with Gasteiger partial charge in [-0.25, -0.2) is 4.98 Å². The zero-order chi connectivity index (χ0) is 14.1. The first-order chi connectivity index (χ1) is 9.61. The van der Waals surface area contributed by atoms with Crippen LogP contribution >= 0.6 is 0 Å². The number of nitrogen functional groups attached to an aromatic ring is 1. The molecule has 0 aliphatic rings. The second kappa shape index (κ2) is 5.00. The molecule has 0 spiro atoms. The molecule has 0 atom stereocenters. The fourth-order valence-corrected chi connectivity index (χ4v) is 2.43. The van der Waals surface area contributed by atoms with Crippen molar-refractivity contribution in [3.63, 3.8) is 0 Å². The SMILES string of the molecule is CC(C)Cc1ccc(-c2nc3cc(N)ccc3[nH]2)cc1. The van der Waals surface area contributed by atoms with Gasteiger partial charge < -0.3 is 10.7 Å². The van der Waals surface area contributed by atoms with Crippen LogP contribution in [0.3, 0.4) is 0 Å². The van der Waals surface area contributed by atoms with E-state index in [1.165, 1.54) is 5.56 Å². The number of nitrogens with one attached hydrogen (secondary N) is 1. The molecule has 0 fully saturated rings. The molecule has 0 saturated carbocycles. The van der Waals surface area contributed by atoms with Gasteiger partial charge in [0.1, 0.15) is 5.82 Å². The number of hydrogen-bond acceptors (Lipinski definition) is 2. The number of fused-ring (bicyclic) bond motifs is 1. The van der Waals surface area contributed by atoms with E-state index in [2.05, 4.69) is 48.1 Å². The molecule has 3 nitrogen and oxygen atoms in total. The summed E-state index contributed by atoms with van der Waals surface area (Å²) in [4.78, 5) is 7.93. The Balaban J connectivity index is 1.94. The highest BCUT2D eigenvalue weighted by molar-refractivity contribution is 5.82. The Morgan fingerprint density at radius 2 is 1.85 bits per heavy atom. The molecule has 20 heavy (non-hydrogen) atoms. The molecule has 3 heteroatoms. The van der Waals surface area contributed by atoms with E-state index in [1.807, 2.05) is 18.2 Å². The van der Waals surface area contributed by atoms with Crippen LogP contribution in [-0.2, 0) is 6.42 Å². The largest absolute Gasteiger partial charge is 0.399 e. The van der Waals surface area contributed by atoms with Crippen molar-refractivity contribution in [1.82, 2.24) is 9.97 Å². The zero-order valence-electron chi connectivity index (χ0n) is 11.9.